The number of nitrogen functional groups attached to an aromatic ring is 1. The van der Waals surface area contributed by atoms with Crippen LogP contribution in [0.25, 0.3) is 0 Å². The van der Waals surface area contributed by atoms with E-state index in [0.29, 0.717) is 0 Å². The van der Waals surface area contributed by atoms with Gasteiger partial charge < -0.3 is 11.1 Å². The van der Waals surface area contributed by atoms with Gasteiger partial charge in [-0.1, -0.05) is 36.4 Å². The molecule has 0 spiro atoms. The van der Waals surface area contributed by atoms with Gasteiger partial charge >= 0.3 is 0 Å². The number of hydrogen-bond acceptors (Lipinski definition) is 5. The summed E-state index contributed by atoms with van der Waals surface area (Å²) < 4.78 is 21.1. The van der Waals surface area contributed by atoms with Gasteiger partial charge in [0.15, 0.2) is 6.19 Å². The molecule has 1 aliphatic carbocycles. The van der Waals surface area contributed by atoms with E-state index in [0.717, 1.165) is 5.69 Å². The van der Waals surface area contributed by atoms with Gasteiger partial charge in [-0.3, -0.25) is 0 Å². The molecule has 0 radical (unpaired) electrons. The SMILES string of the molecule is N#CNC1C=CC=CC1=S(=O)=O.Nc1ccccc1. The van der Waals surface area contributed by atoms with Gasteiger partial charge in [-0.2, -0.15) is 13.7 Å². The van der Waals surface area contributed by atoms with Gasteiger partial charge in [0.1, 0.15) is 0 Å². The van der Waals surface area contributed by atoms with Crippen LogP contribution >= 0.6 is 0 Å². The molecule has 0 saturated heterocycles. The topological polar surface area (TPSA) is 96.0 Å². The number of benzene rings is 1. The molecule has 0 heterocycles. The largest absolute Gasteiger partial charge is 0.399 e. The van der Waals surface area contributed by atoms with E-state index in [1.54, 1.807) is 24.4 Å². The first kappa shape index (κ1) is 14.5. The molecule has 6 heteroatoms. The molecular formula is C13H13N3O2S. The molecule has 1 unspecified atom stereocenters. The lowest BCUT2D eigenvalue weighted by molar-refractivity contribution is 0.626. The Morgan fingerprint density at radius 3 is 2.37 bits per heavy atom. The van der Waals surface area contributed by atoms with E-state index >= 15 is 0 Å². The van der Waals surface area contributed by atoms with Gasteiger partial charge in [0.25, 0.3) is 0 Å². The zero-order valence-corrected chi connectivity index (χ0v) is 10.8. The van der Waals surface area contributed by atoms with Crippen LogP contribution in [-0.4, -0.2) is 19.3 Å². The highest BCUT2D eigenvalue weighted by Gasteiger charge is 2.12. The third kappa shape index (κ3) is 5.10. The Balaban J connectivity index is 0.000000218. The van der Waals surface area contributed by atoms with Crippen molar-refractivity contribution in [1.29, 1.82) is 5.26 Å². The number of allylic oxidation sites excluding steroid dienone is 2. The van der Waals surface area contributed by atoms with Crippen molar-refractivity contribution in [2.24, 2.45) is 0 Å². The van der Waals surface area contributed by atoms with E-state index in [2.05, 4.69) is 5.32 Å². The molecule has 1 aromatic carbocycles. The highest BCUT2D eigenvalue weighted by atomic mass is 32.2. The summed E-state index contributed by atoms with van der Waals surface area (Å²) in [5.41, 5.74) is 6.18. The van der Waals surface area contributed by atoms with Crippen molar-refractivity contribution in [2.75, 3.05) is 5.73 Å². The number of nitrogens with one attached hydrogen (secondary N) is 1. The van der Waals surface area contributed by atoms with Crippen molar-refractivity contribution < 1.29 is 8.42 Å². The number of para-hydroxylation sites is 1. The van der Waals surface area contributed by atoms with E-state index in [4.69, 9.17) is 11.0 Å². The lowest BCUT2D eigenvalue weighted by atomic mass is 10.1. The average Bonchev–Trinajstić information content (AvgIpc) is 2.41. The maximum absolute atomic E-state index is 10.6. The molecule has 1 aromatic rings. The highest BCUT2D eigenvalue weighted by molar-refractivity contribution is 7.73. The summed E-state index contributed by atoms with van der Waals surface area (Å²) in [4.78, 5) is 0.180. The highest BCUT2D eigenvalue weighted by Crippen LogP contribution is 1.99. The van der Waals surface area contributed by atoms with Crippen LogP contribution in [0, 0.1) is 11.5 Å². The minimum atomic E-state index is -2.27. The van der Waals surface area contributed by atoms with Crippen molar-refractivity contribution in [1.82, 2.24) is 5.32 Å². The summed E-state index contributed by atoms with van der Waals surface area (Å²) in [6.45, 7) is 0. The van der Waals surface area contributed by atoms with Gasteiger partial charge in [0.2, 0.25) is 10.3 Å². The Morgan fingerprint density at radius 2 is 1.89 bits per heavy atom. The van der Waals surface area contributed by atoms with Crippen LogP contribution in [0.2, 0.25) is 0 Å². The molecule has 1 atom stereocenters. The Morgan fingerprint density at radius 1 is 1.21 bits per heavy atom. The first-order valence-electron chi connectivity index (χ1n) is 5.41. The molecule has 0 saturated carbocycles. The van der Waals surface area contributed by atoms with Crippen molar-refractivity contribution in [3.63, 3.8) is 0 Å². The Labute approximate surface area is 113 Å². The zero-order chi connectivity index (χ0) is 14.1. The minimum absolute atomic E-state index is 0.180. The normalized spacial score (nSPS) is 15.9. The van der Waals surface area contributed by atoms with Crippen molar-refractivity contribution >= 4 is 20.8 Å². The quantitative estimate of drug-likeness (QED) is 0.343. The standard InChI is InChI=1S/C7H6N2O2S.C6H7N/c8-5-9-6-3-1-2-4-7(6)12(10)11;7-6-4-2-1-3-5-6/h1-4,6,9H;1-5H,7H2. The monoisotopic (exact) mass is 275 g/mol. The number of nitrogens with two attached hydrogens (primary N) is 1. The predicted octanol–water partition coefficient (Wildman–Crippen LogP) is 0.872. The number of nitrogens with zero attached hydrogens (tertiary/aromatic N) is 1. The maximum atomic E-state index is 10.6. The summed E-state index contributed by atoms with van der Waals surface area (Å²) in [7, 11) is -2.27. The molecule has 0 aromatic heterocycles. The van der Waals surface area contributed by atoms with Crippen LogP contribution in [0.15, 0.2) is 54.6 Å². The molecule has 98 valence electrons. The average molecular weight is 275 g/mol. The number of hydrogen-bond donors (Lipinski definition) is 2. The third-order valence-corrected chi connectivity index (χ3v) is 2.97. The van der Waals surface area contributed by atoms with Crippen molar-refractivity contribution in [2.45, 2.75) is 6.04 Å². The molecule has 0 bridgehead atoms. The van der Waals surface area contributed by atoms with E-state index in [1.807, 2.05) is 30.3 Å². The van der Waals surface area contributed by atoms with Crippen LogP contribution in [0.4, 0.5) is 5.69 Å². The molecule has 2 rings (SSSR count). The first-order valence-corrected chi connectivity index (χ1v) is 6.48. The van der Waals surface area contributed by atoms with Crippen LogP contribution in [-0.2, 0) is 10.3 Å². The van der Waals surface area contributed by atoms with E-state index in [1.165, 1.54) is 6.08 Å². The zero-order valence-electron chi connectivity index (χ0n) is 10.0. The smallest absolute Gasteiger partial charge is 0.219 e. The van der Waals surface area contributed by atoms with Crippen LogP contribution in [0.5, 0.6) is 0 Å². The summed E-state index contributed by atoms with van der Waals surface area (Å²) in [5.74, 6) is 0. The third-order valence-electron chi connectivity index (χ3n) is 2.19. The molecule has 1 aliphatic rings. The molecule has 0 fully saturated rings. The fourth-order valence-corrected chi connectivity index (χ4v) is 1.86. The maximum Gasteiger partial charge on any atom is 0.219 e. The van der Waals surface area contributed by atoms with Gasteiger partial charge in [-0.15, -0.1) is 0 Å². The van der Waals surface area contributed by atoms with Gasteiger partial charge in [0, 0.05) is 5.69 Å². The molecular weight excluding hydrogens is 262 g/mol. The predicted molar refractivity (Wildman–Crippen MR) is 75.6 cm³/mol. The van der Waals surface area contributed by atoms with Crippen LogP contribution in [0.3, 0.4) is 0 Å². The van der Waals surface area contributed by atoms with E-state index < -0.39 is 16.3 Å². The minimum Gasteiger partial charge on any atom is -0.399 e. The number of nitriles is 1. The Kier molecular flexibility index (Phi) is 5.92. The second kappa shape index (κ2) is 7.74. The van der Waals surface area contributed by atoms with Gasteiger partial charge in [0.05, 0.1) is 10.9 Å². The Bertz CT molecular complexity index is 632. The second-order valence-corrected chi connectivity index (χ2v) is 4.47. The lowest BCUT2D eigenvalue weighted by Gasteiger charge is -2.09. The molecule has 19 heavy (non-hydrogen) atoms. The van der Waals surface area contributed by atoms with Crippen LogP contribution in [0.1, 0.15) is 0 Å². The van der Waals surface area contributed by atoms with Crippen molar-refractivity contribution in [3.05, 3.63) is 54.6 Å². The number of rotatable bonds is 1. The van der Waals surface area contributed by atoms with Crippen LogP contribution < -0.4 is 11.1 Å². The Hall–Kier alpha value is -2.52. The van der Waals surface area contributed by atoms with Crippen molar-refractivity contribution in [3.8, 4) is 6.19 Å². The van der Waals surface area contributed by atoms with E-state index in [9.17, 15) is 8.42 Å². The summed E-state index contributed by atoms with van der Waals surface area (Å²) in [6.07, 6.45) is 8.05. The molecule has 0 amide bonds. The summed E-state index contributed by atoms with van der Waals surface area (Å²) in [5, 5.41) is 10.6. The molecule has 5 nitrogen and oxygen atoms in total. The fourth-order valence-electron chi connectivity index (χ4n) is 1.33. The molecule has 3 N–H and O–H groups in total. The summed E-state index contributed by atoms with van der Waals surface area (Å²) >= 11 is 0. The second-order valence-electron chi connectivity index (χ2n) is 3.53. The first-order chi connectivity index (χ1) is 9.15. The number of anilines is 1. The fraction of sp³-hybridized carbons (Fsp3) is 0.0769. The lowest BCUT2D eigenvalue weighted by Crippen LogP contribution is -2.32. The summed E-state index contributed by atoms with van der Waals surface area (Å²) in [6, 6.07) is 8.97. The van der Waals surface area contributed by atoms with Gasteiger partial charge in [-0.25, -0.2) is 0 Å². The van der Waals surface area contributed by atoms with E-state index in [-0.39, 0.29) is 4.86 Å². The van der Waals surface area contributed by atoms with Gasteiger partial charge in [-0.05, 0) is 18.2 Å². The molecule has 0 aliphatic heterocycles.